The second-order valence-electron chi connectivity index (χ2n) is 3.80. The van der Waals surface area contributed by atoms with E-state index in [0.29, 0.717) is 11.5 Å². The lowest BCUT2D eigenvalue weighted by molar-refractivity contribution is 0.628. The molecule has 0 unspecified atom stereocenters. The molecular formula is C13H9FN4S. The van der Waals surface area contributed by atoms with Gasteiger partial charge in [-0.3, -0.25) is 0 Å². The number of nitrogens with zero attached hydrogens (tertiary/aromatic N) is 3. The van der Waals surface area contributed by atoms with E-state index in [1.54, 1.807) is 23.7 Å². The second kappa shape index (κ2) is 5.11. The minimum absolute atomic E-state index is 0.293. The number of benzene rings is 1. The quantitative estimate of drug-likeness (QED) is 0.793. The highest BCUT2D eigenvalue weighted by Crippen LogP contribution is 2.21. The molecule has 0 amide bonds. The van der Waals surface area contributed by atoms with Crippen LogP contribution in [0.25, 0.3) is 11.4 Å². The molecule has 19 heavy (non-hydrogen) atoms. The van der Waals surface area contributed by atoms with Crippen molar-refractivity contribution in [2.75, 3.05) is 5.32 Å². The topological polar surface area (TPSA) is 50.7 Å². The van der Waals surface area contributed by atoms with Crippen LogP contribution in [0.15, 0.2) is 47.5 Å². The van der Waals surface area contributed by atoms with Gasteiger partial charge in [-0.15, -0.1) is 11.3 Å². The van der Waals surface area contributed by atoms with E-state index < -0.39 is 0 Å². The summed E-state index contributed by atoms with van der Waals surface area (Å²) in [5.41, 5.74) is 3.92. The molecule has 94 valence electrons. The van der Waals surface area contributed by atoms with Crippen LogP contribution in [-0.2, 0) is 0 Å². The van der Waals surface area contributed by atoms with Gasteiger partial charge in [-0.1, -0.05) is 6.07 Å². The predicted octanol–water partition coefficient (Wildman–Crippen LogP) is 3.48. The maximum absolute atomic E-state index is 13.1. The van der Waals surface area contributed by atoms with Crippen LogP contribution in [0.4, 0.5) is 15.9 Å². The van der Waals surface area contributed by atoms with E-state index in [-0.39, 0.29) is 5.82 Å². The van der Waals surface area contributed by atoms with E-state index in [2.05, 4.69) is 20.3 Å². The first-order valence-corrected chi connectivity index (χ1v) is 6.49. The van der Waals surface area contributed by atoms with Crippen LogP contribution >= 0.6 is 11.3 Å². The fourth-order valence-corrected chi connectivity index (χ4v) is 2.16. The summed E-state index contributed by atoms with van der Waals surface area (Å²) in [5.74, 6) is 0.308. The Morgan fingerprint density at radius 3 is 2.79 bits per heavy atom. The number of hydrogen-bond acceptors (Lipinski definition) is 5. The van der Waals surface area contributed by atoms with Crippen molar-refractivity contribution < 1.29 is 4.39 Å². The summed E-state index contributed by atoms with van der Waals surface area (Å²) in [4.78, 5) is 12.5. The zero-order valence-electron chi connectivity index (χ0n) is 9.75. The molecule has 0 saturated carbocycles. The van der Waals surface area contributed by atoms with Crippen molar-refractivity contribution in [3.05, 3.63) is 53.4 Å². The van der Waals surface area contributed by atoms with Gasteiger partial charge in [0.25, 0.3) is 0 Å². The van der Waals surface area contributed by atoms with Crippen LogP contribution < -0.4 is 5.32 Å². The first-order valence-electron chi connectivity index (χ1n) is 5.54. The van der Waals surface area contributed by atoms with Gasteiger partial charge in [0.15, 0.2) is 0 Å². The first-order chi connectivity index (χ1) is 9.31. The minimum atomic E-state index is -0.293. The summed E-state index contributed by atoms with van der Waals surface area (Å²) in [6.45, 7) is 0. The molecule has 0 fully saturated rings. The van der Waals surface area contributed by atoms with E-state index in [1.165, 1.54) is 29.8 Å². The van der Waals surface area contributed by atoms with Crippen molar-refractivity contribution in [2.45, 2.75) is 0 Å². The van der Waals surface area contributed by atoms with Crippen LogP contribution in [0, 0.1) is 5.82 Å². The molecule has 1 aromatic carbocycles. The molecule has 2 heterocycles. The lowest BCUT2D eigenvalue weighted by Gasteiger charge is -2.06. The van der Waals surface area contributed by atoms with Crippen molar-refractivity contribution in [3.63, 3.8) is 0 Å². The van der Waals surface area contributed by atoms with Gasteiger partial charge in [-0.2, -0.15) is 0 Å². The number of thiazole rings is 1. The molecule has 0 atom stereocenters. The molecule has 2 aromatic heterocycles. The van der Waals surface area contributed by atoms with E-state index >= 15 is 0 Å². The van der Waals surface area contributed by atoms with Crippen molar-refractivity contribution >= 4 is 22.8 Å². The highest BCUT2D eigenvalue weighted by molar-refractivity contribution is 7.07. The molecule has 3 rings (SSSR count). The van der Waals surface area contributed by atoms with Gasteiger partial charge in [0.1, 0.15) is 18.0 Å². The number of hydrogen-bond donors (Lipinski definition) is 1. The van der Waals surface area contributed by atoms with E-state index in [1.807, 2.05) is 5.38 Å². The maximum atomic E-state index is 13.1. The third-order valence-corrected chi connectivity index (χ3v) is 3.05. The normalized spacial score (nSPS) is 10.4. The van der Waals surface area contributed by atoms with Crippen LogP contribution in [-0.4, -0.2) is 15.0 Å². The zero-order chi connectivity index (χ0) is 13.1. The molecule has 0 saturated heterocycles. The van der Waals surface area contributed by atoms with Gasteiger partial charge in [0.05, 0.1) is 16.9 Å². The van der Waals surface area contributed by atoms with Crippen molar-refractivity contribution in [3.8, 4) is 11.4 Å². The molecule has 6 heteroatoms. The van der Waals surface area contributed by atoms with Crippen LogP contribution in [0.1, 0.15) is 0 Å². The number of aromatic nitrogens is 3. The molecular weight excluding hydrogens is 263 g/mol. The minimum Gasteiger partial charge on any atom is -0.340 e. The summed E-state index contributed by atoms with van der Waals surface area (Å²) >= 11 is 1.50. The van der Waals surface area contributed by atoms with Crippen molar-refractivity contribution in [1.29, 1.82) is 0 Å². The third-order valence-electron chi connectivity index (χ3n) is 2.46. The molecule has 4 nitrogen and oxygen atoms in total. The molecule has 1 N–H and O–H groups in total. The molecule has 0 bridgehead atoms. The molecule has 0 aliphatic rings. The summed E-state index contributed by atoms with van der Waals surface area (Å²) in [5, 5.41) is 4.94. The monoisotopic (exact) mass is 272 g/mol. The highest BCUT2D eigenvalue weighted by atomic mass is 32.1. The van der Waals surface area contributed by atoms with Gasteiger partial charge in [0.2, 0.25) is 0 Å². The SMILES string of the molecule is Fc1cccc(Nc2cc(-c3cscn3)ncn2)c1. The Morgan fingerprint density at radius 2 is 2.00 bits per heavy atom. The average molecular weight is 272 g/mol. The number of nitrogens with one attached hydrogen (secondary N) is 1. The summed E-state index contributed by atoms with van der Waals surface area (Å²) < 4.78 is 13.1. The lowest BCUT2D eigenvalue weighted by atomic mass is 10.3. The Labute approximate surface area is 113 Å². The van der Waals surface area contributed by atoms with E-state index in [9.17, 15) is 4.39 Å². The zero-order valence-corrected chi connectivity index (χ0v) is 10.6. The Hall–Kier alpha value is -2.34. The van der Waals surface area contributed by atoms with E-state index in [0.717, 1.165) is 11.4 Å². The van der Waals surface area contributed by atoms with Gasteiger partial charge in [-0.05, 0) is 18.2 Å². The Morgan fingerprint density at radius 1 is 1.05 bits per heavy atom. The Kier molecular flexibility index (Phi) is 3.16. The standard InChI is InChI=1S/C13H9FN4S/c14-9-2-1-3-10(4-9)18-13-5-11(15-7-16-13)12-6-19-8-17-12/h1-8H,(H,15,16,18). The second-order valence-corrected chi connectivity index (χ2v) is 4.52. The van der Waals surface area contributed by atoms with Gasteiger partial charge < -0.3 is 5.32 Å². The first kappa shape index (κ1) is 11.7. The van der Waals surface area contributed by atoms with Crippen LogP contribution in [0.3, 0.4) is 0 Å². The van der Waals surface area contributed by atoms with Crippen LogP contribution in [0.2, 0.25) is 0 Å². The smallest absolute Gasteiger partial charge is 0.134 e. The summed E-state index contributed by atoms with van der Waals surface area (Å²) in [6, 6.07) is 7.99. The lowest BCUT2D eigenvalue weighted by Crippen LogP contribution is -1.95. The molecule has 0 aliphatic carbocycles. The predicted molar refractivity (Wildman–Crippen MR) is 72.8 cm³/mol. The van der Waals surface area contributed by atoms with Gasteiger partial charge in [-0.25, -0.2) is 19.3 Å². The Bertz CT molecular complexity index is 685. The fourth-order valence-electron chi connectivity index (χ4n) is 1.62. The molecule has 0 spiro atoms. The van der Waals surface area contributed by atoms with Gasteiger partial charge >= 0.3 is 0 Å². The van der Waals surface area contributed by atoms with Crippen LogP contribution in [0.5, 0.6) is 0 Å². The average Bonchev–Trinajstić information content (AvgIpc) is 2.93. The van der Waals surface area contributed by atoms with Crippen molar-refractivity contribution in [1.82, 2.24) is 15.0 Å². The summed E-state index contributed by atoms with van der Waals surface area (Å²) in [7, 11) is 0. The maximum Gasteiger partial charge on any atom is 0.134 e. The fraction of sp³-hybridized carbons (Fsp3) is 0. The molecule has 3 aromatic rings. The summed E-state index contributed by atoms with van der Waals surface area (Å²) in [6.07, 6.45) is 1.45. The Balaban J connectivity index is 1.88. The molecule has 0 radical (unpaired) electrons. The molecule has 0 aliphatic heterocycles. The largest absolute Gasteiger partial charge is 0.340 e. The third kappa shape index (κ3) is 2.74. The number of anilines is 2. The van der Waals surface area contributed by atoms with Crippen molar-refractivity contribution in [2.24, 2.45) is 0 Å². The van der Waals surface area contributed by atoms with Gasteiger partial charge in [0, 0.05) is 17.1 Å². The highest BCUT2D eigenvalue weighted by Gasteiger charge is 2.04. The van der Waals surface area contributed by atoms with E-state index in [4.69, 9.17) is 0 Å². The number of halogens is 1. The number of rotatable bonds is 3.